The number of amides is 1. The maximum atomic E-state index is 12.6. The van der Waals surface area contributed by atoms with Gasteiger partial charge in [0.2, 0.25) is 10.0 Å². The number of sulfonamides is 1. The molecule has 3 rings (SSSR count). The molecule has 0 heterocycles. The van der Waals surface area contributed by atoms with Crippen molar-refractivity contribution in [3.8, 4) is 5.75 Å². The second-order valence-corrected chi connectivity index (χ2v) is 8.97. The summed E-state index contributed by atoms with van der Waals surface area (Å²) in [6, 6.07) is 9.93. The average Bonchev–Trinajstić information content (AvgIpc) is 3.45. The fraction of sp³-hybridized carbons (Fsp3) is 0.316. The summed E-state index contributed by atoms with van der Waals surface area (Å²) in [4.78, 5) is 12.4. The first-order valence-electron chi connectivity index (χ1n) is 8.73. The van der Waals surface area contributed by atoms with E-state index in [1.54, 1.807) is 7.11 Å². The van der Waals surface area contributed by atoms with Gasteiger partial charge in [-0.2, -0.15) is 0 Å². The number of carbonyl (C=O) groups is 1. The van der Waals surface area contributed by atoms with Gasteiger partial charge in [0.05, 0.1) is 22.7 Å². The van der Waals surface area contributed by atoms with Gasteiger partial charge < -0.3 is 10.1 Å². The van der Waals surface area contributed by atoms with E-state index in [4.69, 9.17) is 27.9 Å². The van der Waals surface area contributed by atoms with Gasteiger partial charge in [-0.3, -0.25) is 4.79 Å². The number of hydrogen-bond acceptors (Lipinski definition) is 4. The van der Waals surface area contributed by atoms with E-state index in [1.807, 2.05) is 24.3 Å². The lowest BCUT2D eigenvalue weighted by Gasteiger charge is -2.12. The van der Waals surface area contributed by atoms with Crippen molar-refractivity contribution in [2.75, 3.05) is 13.7 Å². The van der Waals surface area contributed by atoms with E-state index in [1.165, 1.54) is 12.1 Å². The molecule has 0 aromatic heterocycles. The summed E-state index contributed by atoms with van der Waals surface area (Å²) >= 11 is 12.2. The molecule has 0 bridgehead atoms. The third kappa shape index (κ3) is 4.97. The zero-order valence-electron chi connectivity index (χ0n) is 15.2. The van der Waals surface area contributed by atoms with Crippen LogP contribution in [0, 0.1) is 0 Å². The van der Waals surface area contributed by atoms with Gasteiger partial charge in [0.1, 0.15) is 10.6 Å². The first-order chi connectivity index (χ1) is 13.3. The number of ether oxygens (including phenoxy) is 1. The molecule has 0 spiro atoms. The van der Waals surface area contributed by atoms with E-state index in [-0.39, 0.29) is 26.5 Å². The number of nitrogens with one attached hydrogen (secondary N) is 2. The minimum atomic E-state index is -3.81. The Morgan fingerprint density at radius 1 is 1.18 bits per heavy atom. The minimum Gasteiger partial charge on any atom is -0.496 e. The number of carbonyl (C=O) groups excluding carboxylic acids is 1. The highest BCUT2D eigenvalue weighted by molar-refractivity contribution is 7.89. The molecule has 9 heteroatoms. The van der Waals surface area contributed by atoms with Crippen LogP contribution in [-0.4, -0.2) is 34.0 Å². The Labute approximate surface area is 174 Å². The van der Waals surface area contributed by atoms with Crippen LogP contribution in [0.1, 0.15) is 28.8 Å². The van der Waals surface area contributed by atoms with Gasteiger partial charge in [-0.05, 0) is 43.0 Å². The van der Waals surface area contributed by atoms with Gasteiger partial charge in [-0.1, -0.05) is 41.4 Å². The molecule has 1 aliphatic rings. The van der Waals surface area contributed by atoms with Gasteiger partial charge in [0, 0.05) is 12.6 Å². The van der Waals surface area contributed by atoms with Crippen LogP contribution >= 0.6 is 23.2 Å². The van der Waals surface area contributed by atoms with Crippen molar-refractivity contribution in [3.63, 3.8) is 0 Å². The molecule has 2 aromatic carbocycles. The molecule has 1 amide bonds. The quantitative estimate of drug-likeness (QED) is 0.655. The lowest BCUT2D eigenvalue weighted by atomic mass is 10.1. The summed E-state index contributed by atoms with van der Waals surface area (Å²) in [5.74, 6) is 0.264. The highest BCUT2D eigenvalue weighted by atomic mass is 35.5. The molecule has 1 aliphatic carbocycles. The van der Waals surface area contributed by atoms with Crippen molar-refractivity contribution >= 4 is 39.1 Å². The van der Waals surface area contributed by atoms with Crippen molar-refractivity contribution in [2.24, 2.45) is 0 Å². The summed E-state index contributed by atoms with van der Waals surface area (Å²) in [6.07, 6.45) is 2.14. The van der Waals surface area contributed by atoms with Gasteiger partial charge in [-0.25, -0.2) is 13.1 Å². The second-order valence-electron chi connectivity index (χ2n) is 6.48. The summed E-state index contributed by atoms with van der Waals surface area (Å²) in [6.45, 7) is 0.334. The maximum Gasteiger partial charge on any atom is 0.252 e. The smallest absolute Gasteiger partial charge is 0.252 e. The number of benzene rings is 2. The van der Waals surface area contributed by atoms with Gasteiger partial charge in [0.15, 0.2) is 0 Å². The molecule has 2 aromatic rings. The van der Waals surface area contributed by atoms with Crippen LogP contribution in [-0.2, 0) is 16.4 Å². The molecule has 150 valence electrons. The predicted octanol–water partition coefficient (Wildman–Crippen LogP) is 3.42. The molecule has 0 atom stereocenters. The largest absolute Gasteiger partial charge is 0.496 e. The first-order valence-corrected chi connectivity index (χ1v) is 11.0. The van der Waals surface area contributed by atoms with E-state index >= 15 is 0 Å². The molecule has 2 N–H and O–H groups in total. The first kappa shape index (κ1) is 20.9. The maximum absolute atomic E-state index is 12.6. The molecular formula is C19H20Cl2N2O4S. The molecule has 0 unspecified atom stereocenters. The van der Waals surface area contributed by atoms with Gasteiger partial charge in [0.25, 0.3) is 5.91 Å². The van der Waals surface area contributed by atoms with Crippen molar-refractivity contribution in [2.45, 2.75) is 30.2 Å². The summed E-state index contributed by atoms with van der Waals surface area (Å²) < 4.78 is 32.8. The third-order valence-corrected chi connectivity index (χ3v) is 6.63. The van der Waals surface area contributed by atoms with E-state index < -0.39 is 15.9 Å². The fourth-order valence-electron chi connectivity index (χ4n) is 2.71. The zero-order valence-corrected chi connectivity index (χ0v) is 17.5. The lowest BCUT2D eigenvalue weighted by Crippen LogP contribution is -2.28. The Kier molecular flexibility index (Phi) is 6.50. The monoisotopic (exact) mass is 442 g/mol. The highest BCUT2D eigenvalue weighted by Gasteiger charge is 2.30. The van der Waals surface area contributed by atoms with E-state index in [9.17, 15) is 13.2 Å². The Bertz CT molecular complexity index is 991. The molecule has 1 fully saturated rings. The zero-order chi connectivity index (χ0) is 20.3. The van der Waals surface area contributed by atoms with Crippen LogP contribution in [0.2, 0.25) is 10.0 Å². The van der Waals surface area contributed by atoms with Crippen LogP contribution in [0.3, 0.4) is 0 Å². The number of rotatable bonds is 8. The summed E-state index contributed by atoms with van der Waals surface area (Å²) in [7, 11) is -2.22. The Morgan fingerprint density at radius 2 is 1.89 bits per heavy atom. The standard InChI is InChI=1S/C19H20Cl2N2O4S/c1-27-17-5-3-2-4-12(17)8-9-22-19(24)14-10-18(16(21)11-15(14)20)28(25,26)23-13-6-7-13/h2-5,10-11,13,23H,6-9H2,1H3,(H,22,24). The van der Waals surface area contributed by atoms with Crippen LogP contribution in [0.25, 0.3) is 0 Å². The normalized spacial score (nSPS) is 14.0. The molecule has 0 saturated heterocycles. The third-order valence-electron chi connectivity index (χ3n) is 4.33. The molecule has 0 radical (unpaired) electrons. The second kappa shape index (κ2) is 8.69. The molecule has 28 heavy (non-hydrogen) atoms. The van der Waals surface area contributed by atoms with Crippen molar-refractivity contribution in [1.29, 1.82) is 0 Å². The Morgan fingerprint density at radius 3 is 2.57 bits per heavy atom. The van der Waals surface area contributed by atoms with Crippen molar-refractivity contribution in [3.05, 3.63) is 57.6 Å². The summed E-state index contributed by atoms with van der Waals surface area (Å²) in [5.41, 5.74) is 1.01. The topological polar surface area (TPSA) is 84.5 Å². The SMILES string of the molecule is COc1ccccc1CCNC(=O)c1cc(S(=O)(=O)NC2CC2)c(Cl)cc1Cl. The number of para-hydroxylation sites is 1. The molecule has 0 aliphatic heterocycles. The van der Waals surface area contributed by atoms with Crippen molar-refractivity contribution in [1.82, 2.24) is 10.0 Å². The number of methoxy groups -OCH3 is 1. The molecule has 6 nitrogen and oxygen atoms in total. The Hall–Kier alpha value is -1.80. The van der Waals surface area contributed by atoms with E-state index in [0.29, 0.717) is 13.0 Å². The fourth-order valence-corrected chi connectivity index (χ4v) is 4.87. The average molecular weight is 443 g/mol. The van der Waals surface area contributed by atoms with Crippen LogP contribution in [0.5, 0.6) is 5.75 Å². The van der Waals surface area contributed by atoms with E-state index in [2.05, 4.69) is 10.0 Å². The van der Waals surface area contributed by atoms with Crippen LogP contribution in [0.15, 0.2) is 41.3 Å². The van der Waals surface area contributed by atoms with E-state index in [0.717, 1.165) is 24.2 Å². The highest BCUT2D eigenvalue weighted by Crippen LogP contribution is 2.30. The van der Waals surface area contributed by atoms with Gasteiger partial charge >= 0.3 is 0 Å². The van der Waals surface area contributed by atoms with Crippen LogP contribution < -0.4 is 14.8 Å². The molecular weight excluding hydrogens is 423 g/mol. The number of hydrogen-bond donors (Lipinski definition) is 2. The lowest BCUT2D eigenvalue weighted by molar-refractivity contribution is 0.0954. The Balaban J connectivity index is 1.73. The summed E-state index contributed by atoms with van der Waals surface area (Å²) in [5, 5.41) is 2.82. The predicted molar refractivity (Wildman–Crippen MR) is 109 cm³/mol. The van der Waals surface area contributed by atoms with Crippen LogP contribution in [0.4, 0.5) is 0 Å². The van der Waals surface area contributed by atoms with Crippen molar-refractivity contribution < 1.29 is 17.9 Å². The molecule has 1 saturated carbocycles. The minimum absolute atomic E-state index is 0.0243. The van der Waals surface area contributed by atoms with Gasteiger partial charge in [-0.15, -0.1) is 0 Å². The number of halogens is 2.